The van der Waals surface area contributed by atoms with Gasteiger partial charge in [0, 0.05) is 48.3 Å². The molecule has 1 fully saturated rings. The average Bonchev–Trinajstić information content (AvgIpc) is 3.34. The van der Waals surface area contributed by atoms with Gasteiger partial charge >= 0.3 is 0 Å². The summed E-state index contributed by atoms with van der Waals surface area (Å²) in [6.45, 7) is 13.3. The molecule has 7 rings (SSSR count). The van der Waals surface area contributed by atoms with Crippen molar-refractivity contribution in [2.24, 2.45) is 5.73 Å². The second-order valence-corrected chi connectivity index (χ2v) is 15.3. The Morgan fingerprint density at radius 2 is 1.41 bits per heavy atom. The Labute approximate surface area is 265 Å². The molecule has 2 N–H and O–H groups in total. The number of hydrogen-bond acceptors (Lipinski definition) is 5. The summed E-state index contributed by atoms with van der Waals surface area (Å²) in [6.07, 6.45) is 13.0. The predicted molar refractivity (Wildman–Crippen MR) is 182 cm³/mol. The van der Waals surface area contributed by atoms with Crippen LogP contribution < -0.4 is 15.5 Å². The van der Waals surface area contributed by atoms with Crippen molar-refractivity contribution in [1.29, 1.82) is 5.26 Å². The fourth-order valence-electron chi connectivity index (χ4n) is 9.60. The highest BCUT2D eigenvalue weighted by Crippen LogP contribution is 2.61. The molecule has 6 atom stereocenters. The van der Waals surface area contributed by atoms with Crippen LogP contribution in [0, 0.1) is 11.3 Å². The molecule has 234 valence electrons. The van der Waals surface area contributed by atoms with Gasteiger partial charge in [0.25, 0.3) is 0 Å². The number of nitrogens with zero attached hydrogens (tertiary/aromatic N) is 3. The van der Waals surface area contributed by atoms with Crippen molar-refractivity contribution >= 4 is 11.4 Å². The van der Waals surface area contributed by atoms with Crippen LogP contribution in [0.2, 0.25) is 0 Å². The first-order chi connectivity index (χ1) is 20.8. The Kier molecular flexibility index (Phi) is 7.78. The fraction of sp³-hybridized carbons (Fsp3) is 0.564. The molecule has 0 saturated carbocycles. The molecule has 1 saturated heterocycles. The standard InChI is InChI=1S/C21H29NO.C18H23N3/c1-14(2)12-15-8-7-11-21-13-20(3,4)23-19(21)22(5)17-10-6-9-16(15)18(17)21;1-12(2)10-13-6-5-9-18(20)16(11-19)21(3)15-8-4-7-14(13)17(15)18/h6,9-10,12,15,19H,7-8,11,13H2,1-5H3;4,7-8,10,13,16H,5-6,9,20H2,1-3H3/t15-,19+,21+;13-,16-,18-/m11/s1. The number of anilines is 2. The number of hydrogen-bond donors (Lipinski definition) is 1. The first-order valence-corrected chi connectivity index (χ1v) is 16.7. The fourth-order valence-corrected chi connectivity index (χ4v) is 9.60. The Balaban J connectivity index is 0.000000157. The number of nitriles is 1. The van der Waals surface area contributed by atoms with Crippen molar-refractivity contribution in [3.8, 4) is 6.07 Å². The SMILES string of the molecule is CC(C)=C[C@H]1CCC[C@@]23CC(C)(C)O[C@@H]2N(C)c2cccc1c23.CC(C)=C[C@H]1CCC[C@]2(N)c3c1cccc3N(C)[C@@H]2C#N. The molecule has 3 heterocycles. The normalized spacial score (nSPS) is 32.2. The largest absolute Gasteiger partial charge is 0.357 e. The summed E-state index contributed by atoms with van der Waals surface area (Å²) >= 11 is 0. The number of likely N-dealkylation sites (N-methyl/N-ethyl adjacent to an activating group) is 2. The van der Waals surface area contributed by atoms with Gasteiger partial charge in [-0.1, -0.05) is 60.4 Å². The van der Waals surface area contributed by atoms with Gasteiger partial charge in [0.15, 0.2) is 0 Å². The molecule has 0 radical (unpaired) electrons. The van der Waals surface area contributed by atoms with E-state index in [0.717, 1.165) is 31.4 Å². The van der Waals surface area contributed by atoms with Crippen LogP contribution in [-0.2, 0) is 15.7 Å². The minimum Gasteiger partial charge on any atom is -0.357 e. The van der Waals surface area contributed by atoms with Crippen LogP contribution in [-0.4, -0.2) is 32.0 Å². The maximum absolute atomic E-state index is 9.61. The van der Waals surface area contributed by atoms with Gasteiger partial charge < -0.3 is 20.3 Å². The number of allylic oxidation sites excluding steroid dienone is 4. The minimum absolute atomic E-state index is 0.0277. The van der Waals surface area contributed by atoms with Crippen LogP contribution in [0.1, 0.15) is 121 Å². The number of ether oxygens (including phenoxy) is 1. The Bertz CT molecular complexity index is 1540. The molecule has 5 nitrogen and oxygen atoms in total. The summed E-state index contributed by atoms with van der Waals surface area (Å²) in [5, 5.41) is 9.61. The summed E-state index contributed by atoms with van der Waals surface area (Å²) in [7, 11) is 4.20. The molecule has 0 aromatic heterocycles. The maximum Gasteiger partial charge on any atom is 0.140 e. The zero-order valence-corrected chi connectivity index (χ0v) is 28.2. The van der Waals surface area contributed by atoms with E-state index in [4.69, 9.17) is 10.5 Å². The third kappa shape index (κ3) is 4.81. The van der Waals surface area contributed by atoms with Crippen molar-refractivity contribution in [1.82, 2.24) is 0 Å². The Morgan fingerprint density at radius 3 is 1.98 bits per heavy atom. The number of nitrogens with two attached hydrogens (primary N) is 1. The highest BCUT2D eigenvalue weighted by molar-refractivity contribution is 5.70. The third-order valence-electron chi connectivity index (χ3n) is 11.0. The zero-order valence-electron chi connectivity index (χ0n) is 28.2. The molecule has 5 aliphatic rings. The van der Waals surface area contributed by atoms with Crippen LogP contribution >= 0.6 is 0 Å². The molecular formula is C39H52N4O. The average molecular weight is 593 g/mol. The summed E-state index contributed by atoms with van der Waals surface area (Å²) in [5.74, 6) is 0.978. The van der Waals surface area contributed by atoms with Crippen LogP contribution in [0.4, 0.5) is 11.4 Å². The predicted octanol–water partition coefficient (Wildman–Crippen LogP) is 8.55. The molecule has 2 aromatic carbocycles. The van der Waals surface area contributed by atoms with E-state index in [9.17, 15) is 5.26 Å². The van der Waals surface area contributed by atoms with E-state index in [1.165, 1.54) is 47.2 Å². The molecule has 2 aliphatic carbocycles. The Morgan fingerprint density at radius 1 is 0.864 bits per heavy atom. The molecule has 3 aliphatic heterocycles. The third-order valence-corrected chi connectivity index (χ3v) is 11.0. The molecule has 44 heavy (non-hydrogen) atoms. The van der Waals surface area contributed by atoms with Gasteiger partial charge in [-0.25, -0.2) is 0 Å². The van der Waals surface area contributed by atoms with E-state index in [2.05, 4.69) is 113 Å². The number of benzene rings is 2. The summed E-state index contributed by atoms with van der Waals surface area (Å²) in [6, 6.07) is 15.5. The number of rotatable bonds is 2. The molecule has 0 amide bonds. The van der Waals surface area contributed by atoms with Gasteiger partial charge in [0.2, 0.25) is 0 Å². The molecule has 2 aromatic rings. The lowest BCUT2D eigenvalue weighted by Crippen LogP contribution is -2.49. The van der Waals surface area contributed by atoms with Crippen molar-refractivity contribution < 1.29 is 4.74 Å². The lowest BCUT2D eigenvalue weighted by molar-refractivity contribution is -0.0202. The van der Waals surface area contributed by atoms with Crippen LogP contribution in [0.5, 0.6) is 0 Å². The van der Waals surface area contributed by atoms with Crippen LogP contribution in [0.15, 0.2) is 59.7 Å². The summed E-state index contributed by atoms with van der Waals surface area (Å²) in [5.41, 5.74) is 17.4. The van der Waals surface area contributed by atoms with E-state index >= 15 is 0 Å². The second kappa shape index (κ2) is 11.1. The lowest BCUT2D eigenvalue weighted by Gasteiger charge is -2.30. The first kappa shape index (κ1) is 30.9. The van der Waals surface area contributed by atoms with Gasteiger partial charge in [-0.05, 0) is 102 Å². The van der Waals surface area contributed by atoms with Crippen molar-refractivity contribution in [2.75, 3.05) is 23.9 Å². The van der Waals surface area contributed by atoms with Crippen LogP contribution in [0.3, 0.4) is 0 Å². The van der Waals surface area contributed by atoms with Crippen molar-refractivity contribution in [2.45, 2.75) is 127 Å². The van der Waals surface area contributed by atoms with E-state index in [-0.39, 0.29) is 23.3 Å². The Hall–Kier alpha value is -3.07. The molecule has 5 heteroatoms. The lowest BCUT2D eigenvalue weighted by atomic mass is 9.72. The zero-order chi connectivity index (χ0) is 31.6. The highest BCUT2D eigenvalue weighted by atomic mass is 16.5. The monoisotopic (exact) mass is 592 g/mol. The van der Waals surface area contributed by atoms with E-state index < -0.39 is 5.54 Å². The van der Waals surface area contributed by atoms with E-state index in [0.29, 0.717) is 11.8 Å². The van der Waals surface area contributed by atoms with E-state index in [1.54, 1.807) is 11.1 Å². The van der Waals surface area contributed by atoms with Gasteiger partial charge in [-0.3, -0.25) is 0 Å². The van der Waals surface area contributed by atoms with E-state index in [1.807, 2.05) is 7.05 Å². The van der Waals surface area contributed by atoms with Crippen molar-refractivity contribution in [3.05, 3.63) is 82.0 Å². The summed E-state index contributed by atoms with van der Waals surface area (Å²) in [4.78, 5) is 4.46. The summed E-state index contributed by atoms with van der Waals surface area (Å²) < 4.78 is 6.53. The van der Waals surface area contributed by atoms with Gasteiger partial charge in [0.05, 0.1) is 17.2 Å². The van der Waals surface area contributed by atoms with Gasteiger partial charge in [0.1, 0.15) is 12.3 Å². The molecule has 1 spiro atoms. The van der Waals surface area contributed by atoms with Gasteiger partial charge in [-0.2, -0.15) is 5.26 Å². The highest BCUT2D eigenvalue weighted by Gasteiger charge is 2.60. The smallest absolute Gasteiger partial charge is 0.140 e. The molecule has 0 bridgehead atoms. The quantitative estimate of drug-likeness (QED) is 0.354. The molecular weight excluding hydrogens is 540 g/mol. The molecule has 0 unspecified atom stereocenters. The topological polar surface area (TPSA) is 65.5 Å². The second-order valence-electron chi connectivity index (χ2n) is 15.3. The van der Waals surface area contributed by atoms with Gasteiger partial charge in [-0.15, -0.1) is 0 Å². The minimum atomic E-state index is -0.528. The maximum atomic E-state index is 9.61. The first-order valence-electron chi connectivity index (χ1n) is 16.7. The van der Waals surface area contributed by atoms with Crippen LogP contribution in [0.25, 0.3) is 0 Å². The van der Waals surface area contributed by atoms with Crippen molar-refractivity contribution in [3.63, 3.8) is 0 Å².